The highest BCUT2D eigenvalue weighted by molar-refractivity contribution is 8.00. The van der Waals surface area contributed by atoms with Crippen LogP contribution < -0.4 is 5.32 Å². The summed E-state index contributed by atoms with van der Waals surface area (Å²) >= 11 is 1.75. The standard InChI is InChI=1S/C12H23NO2S/c1-3-13-10-7-5-4-6-8-11(10)16-9-12(14)15-2/h10-11,13H,3-9H2,1-2H3. The normalized spacial score (nSPS) is 26.1. The summed E-state index contributed by atoms with van der Waals surface area (Å²) in [5.74, 6) is 0.382. The number of methoxy groups -OCH3 is 1. The maximum Gasteiger partial charge on any atom is 0.315 e. The lowest BCUT2D eigenvalue weighted by molar-refractivity contribution is -0.137. The van der Waals surface area contributed by atoms with Crippen LogP contribution in [0.1, 0.15) is 39.0 Å². The number of nitrogens with one attached hydrogen (secondary N) is 1. The van der Waals surface area contributed by atoms with Crippen LogP contribution in [-0.2, 0) is 9.53 Å². The Morgan fingerprint density at radius 3 is 2.81 bits per heavy atom. The summed E-state index contributed by atoms with van der Waals surface area (Å²) in [5, 5.41) is 4.11. The Kier molecular flexibility index (Phi) is 6.88. The fraction of sp³-hybridized carbons (Fsp3) is 0.917. The van der Waals surface area contributed by atoms with Gasteiger partial charge in [0.05, 0.1) is 12.9 Å². The second kappa shape index (κ2) is 7.96. The van der Waals surface area contributed by atoms with Gasteiger partial charge in [0.2, 0.25) is 0 Å². The third kappa shape index (κ3) is 4.74. The van der Waals surface area contributed by atoms with Gasteiger partial charge in [-0.15, -0.1) is 11.8 Å². The lowest BCUT2D eigenvalue weighted by Gasteiger charge is -2.25. The number of esters is 1. The summed E-state index contributed by atoms with van der Waals surface area (Å²) < 4.78 is 4.69. The Bertz CT molecular complexity index is 211. The molecule has 0 aromatic heterocycles. The lowest BCUT2D eigenvalue weighted by Crippen LogP contribution is -2.37. The number of thioether (sulfide) groups is 1. The van der Waals surface area contributed by atoms with E-state index in [-0.39, 0.29) is 5.97 Å². The lowest BCUT2D eigenvalue weighted by atomic mass is 10.1. The summed E-state index contributed by atoms with van der Waals surface area (Å²) in [6.45, 7) is 3.16. The fourth-order valence-electron chi connectivity index (χ4n) is 2.20. The molecular weight excluding hydrogens is 222 g/mol. The smallest absolute Gasteiger partial charge is 0.315 e. The Balaban J connectivity index is 2.40. The minimum atomic E-state index is -0.107. The van der Waals surface area contributed by atoms with E-state index in [1.54, 1.807) is 11.8 Å². The molecule has 0 aromatic carbocycles. The number of ether oxygens (including phenoxy) is 1. The number of hydrogen-bond donors (Lipinski definition) is 1. The SMILES string of the molecule is CCNC1CCCCCC1SCC(=O)OC. The molecule has 1 rings (SSSR count). The van der Waals surface area contributed by atoms with E-state index in [0.717, 1.165) is 6.54 Å². The van der Waals surface area contributed by atoms with Crippen LogP contribution in [0, 0.1) is 0 Å². The fourth-order valence-corrected chi connectivity index (χ4v) is 3.47. The van der Waals surface area contributed by atoms with Crippen molar-refractivity contribution in [1.82, 2.24) is 5.32 Å². The first-order chi connectivity index (χ1) is 7.77. The van der Waals surface area contributed by atoms with Crippen molar-refractivity contribution in [2.75, 3.05) is 19.4 Å². The van der Waals surface area contributed by atoms with Crippen LogP contribution in [0.15, 0.2) is 0 Å². The van der Waals surface area contributed by atoms with E-state index < -0.39 is 0 Å². The molecule has 0 aromatic rings. The first kappa shape index (κ1) is 13.8. The summed E-state index contributed by atoms with van der Waals surface area (Å²) in [7, 11) is 1.46. The monoisotopic (exact) mass is 245 g/mol. The molecule has 16 heavy (non-hydrogen) atoms. The summed E-state index contributed by atoms with van der Waals surface area (Å²) in [6.07, 6.45) is 6.40. The highest BCUT2D eigenvalue weighted by Gasteiger charge is 2.23. The molecule has 0 bridgehead atoms. The predicted octanol–water partition coefficient (Wildman–Crippen LogP) is 2.20. The first-order valence-electron chi connectivity index (χ1n) is 6.19. The van der Waals surface area contributed by atoms with Gasteiger partial charge in [0.15, 0.2) is 0 Å². The molecule has 0 heterocycles. The van der Waals surface area contributed by atoms with Crippen molar-refractivity contribution in [3.63, 3.8) is 0 Å². The van der Waals surface area contributed by atoms with Crippen LogP contribution >= 0.6 is 11.8 Å². The number of carbonyl (C=O) groups is 1. The summed E-state index contributed by atoms with van der Waals surface area (Å²) in [5.41, 5.74) is 0. The van der Waals surface area contributed by atoms with E-state index in [4.69, 9.17) is 0 Å². The van der Waals surface area contributed by atoms with Crippen molar-refractivity contribution in [2.45, 2.75) is 50.3 Å². The third-order valence-electron chi connectivity index (χ3n) is 3.06. The van der Waals surface area contributed by atoms with Crippen LogP contribution in [0.2, 0.25) is 0 Å². The molecule has 1 aliphatic rings. The number of hydrogen-bond acceptors (Lipinski definition) is 4. The van der Waals surface area contributed by atoms with Gasteiger partial charge in [-0.2, -0.15) is 0 Å². The van der Waals surface area contributed by atoms with Crippen molar-refractivity contribution in [3.8, 4) is 0 Å². The largest absolute Gasteiger partial charge is 0.468 e. The first-order valence-corrected chi connectivity index (χ1v) is 7.24. The molecule has 1 saturated carbocycles. The molecular formula is C12H23NO2S. The van der Waals surface area contributed by atoms with Crippen LogP contribution in [-0.4, -0.2) is 36.7 Å². The molecule has 3 nitrogen and oxygen atoms in total. The highest BCUT2D eigenvalue weighted by atomic mass is 32.2. The van der Waals surface area contributed by atoms with E-state index in [1.807, 2.05) is 0 Å². The molecule has 1 aliphatic carbocycles. The molecule has 1 N–H and O–H groups in total. The zero-order chi connectivity index (χ0) is 11.8. The quantitative estimate of drug-likeness (QED) is 0.595. The maximum absolute atomic E-state index is 11.1. The second-order valence-electron chi connectivity index (χ2n) is 4.23. The molecule has 0 spiro atoms. The van der Waals surface area contributed by atoms with Crippen LogP contribution in [0.4, 0.5) is 0 Å². The van der Waals surface area contributed by atoms with Gasteiger partial charge < -0.3 is 10.1 Å². The molecule has 2 unspecified atom stereocenters. The molecule has 2 atom stereocenters. The second-order valence-corrected chi connectivity index (χ2v) is 5.46. The van der Waals surface area contributed by atoms with Crippen molar-refractivity contribution < 1.29 is 9.53 Å². The van der Waals surface area contributed by atoms with E-state index in [0.29, 0.717) is 17.0 Å². The van der Waals surface area contributed by atoms with E-state index in [2.05, 4.69) is 17.0 Å². The van der Waals surface area contributed by atoms with E-state index in [9.17, 15) is 4.79 Å². The molecule has 0 radical (unpaired) electrons. The predicted molar refractivity (Wildman–Crippen MR) is 68.8 cm³/mol. The van der Waals surface area contributed by atoms with Gasteiger partial charge in [-0.05, 0) is 19.4 Å². The zero-order valence-corrected chi connectivity index (χ0v) is 11.1. The average Bonchev–Trinajstić information content (AvgIpc) is 2.52. The van der Waals surface area contributed by atoms with Crippen LogP contribution in [0.3, 0.4) is 0 Å². The van der Waals surface area contributed by atoms with Crippen molar-refractivity contribution in [2.24, 2.45) is 0 Å². The Labute approximate surface area is 103 Å². The molecule has 0 saturated heterocycles. The van der Waals surface area contributed by atoms with Gasteiger partial charge in [0.1, 0.15) is 0 Å². The molecule has 4 heteroatoms. The molecule has 0 amide bonds. The minimum Gasteiger partial charge on any atom is -0.468 e. The Morgan fingerprint density at radius 2 is 2.12 bits per heavy atom. The topological polar surface area (TPSA) is 38.3 Å². The van der Waals surface area contributed by atoms with E-state index in [1.165, 1.54) is 39.2 Å². The van der Waals surface area contributed by atoms with Crippen molar-refractivity contribution in [3.05, 3.63) is 0 Å². The minimum absolute atomic E-state index is 0.107. The van der Waals surface area contributed by atoms with Gasteiger partial charge in [0, 0.05) is 11.3 Å². The maximum atomic E-state index is 11.1. The van der Waals surface area contributed by atoms with Gasteiger partial charge in [-0.25, -0.2) is 0 Å². The van der Waals surface area contributed by atoms with Gasteiger partial charge >= 0.3 is 5.97 Å². The Hall–Kier alpha value is -0.220. The van der Waals surface area contributed by atoms with Gasteiger partial charge in [-0.3, -0.25) is 4.79 Å². The van der Waals surface area contributed by atoms with Crippen molar-refractivity contribution >= 4 is 17.7 Å². The van der Waals surface area contributed by atoms with Crippen molar-refractivity contribution in [1.29, 1.82) is 0 Å². The van der Waals surface area contributed by atoms with E-state index >= 15 is 0 Å². The van der Waals surface area contributed by atoms with Crippen LogP contribution in [0.25, 0.3) is 0 Å². The molecule has 94 valence electrons. The summed E-state index contributed by atoms with van der Waals surface area (Å²) in [6, 6.07) is 0.571. The number of rotatable bonds is 5. The van der Waals surface area contributed by atoms with Gasteiger partial charge in [0.25, 0.3) is 0 Å². The third-order valence-corrected chi connectivity index (χ3v) is 4.46. The highest BCUT2D eigenvalue weighted by Crippen LogP contribution is 2.27. The number of carbonyl (C=O) groups excluding carboxylic acids is 1. The van der Waals surface area contributed by atoms with Gasteiger partial charge in [-0.1, -0.05) is 26.2 Å². The molecule has 1 fully saturated rings. The van der Waals surface area contributed by atoms with Crippen LogP contribution in [0.5, 0.6) is 0 Å². The average molecular weight is 245 g/mol. The Morgan fingerprint density at radius 1 is 1.38 bits per heavy atom. The molecule has 0 aliphatic heterocycles. The zero-order valence-electron chi connectivity index (χ0n) is 10.3. The summed E-state index contributed by atoms with van der Waals surface area (Å²) in [4.78, 5) is 11.1.